The van der Waals surface area contributed by atoms with Crippen molar-refractivity contribution in [2.24, 2.45) is 17.8 Å². The molecular formula is C31H65N3. The summed E-state index contributed by atoms with van der Waals surface area (Å²) < 4.78 is 0. The van der Waals surface area contributed by atoms with Crippen LogP contribution >= 0.6 is 0 Å². The van der Waals surface area contributed by atoms with E-state index in [0.717, 1.165) is 30.8 Å². The topological polar surface area (TPSA) is 27.3 Å². The van der Waals surface area contributed by atoms with Crippen LogP contribution in [0.1, 0.15) is 106 Å². The van der Waals surface area contributed by atoms with Crippen molar-refractivity contribution in [2.45, 2.75) is 108 Å². The third-order valence-electron chi connectivity index (χ3n) is 5.56. The number of hydrogen-bond donors (Lipinski definition) is 2. The van der Waals surface area contributed by atoms with Crippen LogP contribution in [0.15, 0.2) is 24.3 Å². The Labute approximate surface area is 216 Å². The second-order valence-corrected chi connectivity index (χ2v) is 10.8. The third kappa shape index (κ3) is 30.9. The second kappa shape index (κ2) is 26.5. The molecule has 204 valence electrons. The largest absolute Gasteiger partial charge is 0.385 e. The molecule has 0 aliphatic carbocycles. The van der Waals surface area contributed by atoms with Gasteiger partial charge in [-0.3, -0.25) is 0 Å². The lowest BCUT2D eigenvalue weighted by Crippen LogP contribution is -2.21. The lowest BCUT2D eigenvalue weighted by atomic mass is 10.1. The molecule has 0 unspecified atom stereocenters. The maximum Gasteiger partial charge on any atom is 0.0340 e. The molecule has 34 heavy (non-hydrogen) atoms. The predicted molar refractivity (Wildman–Crippen MR) is 160 cm³/mol. The Morgan fingerprint density at radius 3 is 1.71 bits per heavy atom. The van der Waals surface area contributed by atoms with Gasteiger partial charge in [-0.25, -0.2) is 0 Å². The van der Waals surface area contributed by atoms with Gasteiger partial charge in [0, 0.05) is 12.2 Å². The van der Waals surface area contributed by atoms with Crippen molar-refractivity contribution in [1.82, 2.24) is 10.2 Å². The zero-order chi connectivity index (χ0) is 25.5. The molecule has 0 aliphatic heterocycles. The molecule has 0 saturated carbocycles. The molecule has 0 heterocycles. The van der Waals surface area contributed by atoms with Gasteiger partial charge in [0.25, 0.3) is 0 Å². The maximum atomic E-state index is 3.40. The average molecular weight is 480 g/mol. The Balaban J connectivity index is -0.000000438. The summed E-state index contributed by atoms with van der Waals surface area (Å²) in [5.41, 5.74) is 2.54. The standard InChI is InChI=1S/C12H19N.C12H27N.C6H15N.CH4/c1-10(2)8-9-13-12-6-4-11(3)5-7-12;1-5-6-7-8-10-13(4)11-9-12(2)3;1-6(2)4-5-7-3;/h4-7,10,13H,8-9H2,1-3H3;12H,5-11H2,1-4H3;6-7H,4-5H2,1-3H3;1H4. The molecule has 0 atom stereocenters. The van der Waals surface area contributed by atoms with Crippen LogP contribution in [0, 0.1) is 24.7 Å². The first-order chi connectivity index (χ1) is 15.6. The van der Waals surface area contributed by atoms with E-state index in [1.807, 2.05) is 7.05 Å². The molecule has 1 rings (SSSR count). The van der Waals surface area contributed by atoms with Gasteiger partial charge in [-0.1, -0.05) is 92.9 Å². The highest BCUT2D eigenvalue weighted by atomic mass is 15.1. The van der Waals surface area contributed by atoms with Crippen molar-refractivity contribution in [3.63, 3.8) is 0 Å². The molecule has 1 aromatic carbocycles. The zero-order valence-corrected chi connectivity index (χ0v) is 24.3. The van der Waals surface area contributed by atoms with E-state index in [0.29, 0.717) is 0 Å². The van der Waals surface area contributed by atoms with Crippen molar-refractivity contribution in [3.8, 4) is 0 Å². The van der Waals surface area contributed by atoms with Crippen LogP contribution in [-0.2, 0) is 0 Å². The monoisotopic (exact) mass is 480 g/mol. The number of unbranched alkanes of at least 4 members (excludes halogenated alkanes) is 3. The number of nitrogens with zero attached hydrogens (tertiary/aromatic N) is 1. The Hall–Kier alpha value is -1.06. The third-order valence-corrected chi connectivity index (χ3v) is 5.56. The zero-order valence-electron chi connectivity index (χ0n) is 24.3. The lowest BCUT2D eigenvalue weighted by molar-refractivity contribution is 0.303. The molecule has 0 radical (unpaired) electrons. The van der Waals surface area contributed by atoms with Crippen LogP contribution in [0.4, 0.5) is 5.69 Å². The fourth-order valence-electron chi connectivity index (χ4n) is 3.01. The predicted octanol–water partition coefficient (Wildman–Crippen LogP) is 8.89. The number of hydrogen-bond acceptors (Lipinski definition) is 3. The summed E-state index contributed by atoms with van der Waals surface area (Å²) in [6.07, 6.45) is 9.38. The Bertz CT molecular complexity index is 494. The first-order valence-corrected chi connectivity index (χ1v) is 13.8. The van der Waals surface area contributed by atoms with E-state index in [2.05, 4.69) is 102 Å². The van der Waals surface area contributed by atoms with E-state index in [1.54, 1.807) is 0 Å². The highest BCUT2D eigenvalue weighted by Gasteiger charge is 1.99. The van der Waals surface area contributed by atoms with E-state index in [9.17, 15) is 0 Å². The van der Waals surface area contributed by atoms with Gasteiger partial charge in [0.05, 0.1) is 0 Å². The minimum absolute atomic E-state index is 0. The van der Waals surface area contributed by atoms with Crippen molar-refractivity contribution >= 4 is 5.69 Å². The van der Waals surface area contributed by atoms with Crippen molar-refractivity contribution in [1.29, 1.82) is 0 Å². The van der Waals surface area contributed by atoms with E-state index in [-0.39, 0.29) is 7.43 Å². The van der Waals surface area contributed by atoms with Crippen LogP contribution in [-0.4, -0.2) is 45.2 Å². The fraction of sp³-hybridized carbons (Fsp3) is 0.806. The Morgan fingerprint density at radius 2 is 1.26 bits per heavy atom. The van der Waals surface area contributed by atoms with Gasteiger partial charge < -0.3 is 15.5 Å². The first kappa shape index (κ1) is 37.5. The molecule has 0 fully saturated rings. The molecule has 0 aliphatic rings. The lowest BCUT2D eigenvalue weighted by Gasteiger charge is -2.17. The van der Waals surface area contributed by atoms with Crippen molar-refractivity contribution in [3.05, 3.63) is 29.8 Å². The number of aryl methyl sites for hydroxylation is 1. The average Bonchev–Trinajstić information content (AvgIpc) is 2.76. The summed E-state index contributed by atoms with van der Waals surface area (Å²) in [5, 5.41) is 6.50. The molecule has 2 N–H and O–H groups in total. The number of benzene rings is 1. The summed E-state index contributed by atoms with van der Waals surface area (Å²) in [6.45, 7) is 22.7. The fourth-order valence-corrected chi connectivity index (χ4v) is 3.01. The van der Waals surface area contributed by atoms with Gasteiger partial charge >= 0.3 is 0 Å². The van der Waals surface area contributed by atoms with Crippen molar-refractivity contribution in [2.75, 3.05) is 45.6 Å². The second-order valence-electron chi connectivity index (χ2n) is 10.8. The van der Waals surface area contributed by atoms with Crippen LogP contribution in [0.5, 0.6) is 0 Å². The summed E-state index contributed by atoms with van der Waals surface area (Å²) in [4.78, 5) is 2.47. The van der Waals surface area contributed by atoms with Crippen LogP contribution < -0.4 is 10.6 Å². The summed E-state index contributed by atoms with van der Waals surface area (Å²) >= 11 is 0. The number of nitrogens with one attached hydrogen (secondary N) is 2. The highest BCUT2D eigenvalue weighted by Crippen LogP contribution is 2.09. The quantitative estimate of drug-likeness (QED) is 0.246. The molecule has 0 aromatic heterocycles. The minimum atomic E-state index is 0. The van der Waals surface area contributed by atoms with Gasteiger partial charge in [-0.15, -0.1) is 0 Å². The minimum Gasteiger partial charge on any atom is -0.385 e. The normalized spacial score (nSPS) is 10.5. The molecule has 0 amide bonds. The van der Waals surface area contributed by atoms with E-state index < -0.39 is 0 Å². The molecule has 0 saturated heterocycles. The van der Waals surface area contributed by atoms with Crippen LogP contribution in [0.3, 0.4) is 0 Å². The number of rotatable bonds is 15. The Morgan fingerprint density at radius 1 is 0.735 bits per heavy atom. The maximum absolute atomic E-state index is 3.40. The Kier molecular flexibility index (Phi) is 29.3. The SMILES string of the molecule is C.CCCCCCN(C)CCC(C)C.CNCCC(C)C.Cc1ccc(NCCC(C)C)cc1. The summed E-state index contributed by atoms with van der Waals surface area (Å²) in [5.74, 6) is 2.46. The van der Waals surface area contributed by atoms with E-state index in [4.69, 9.17) is 0 Å². The first-order valence-electron chi connectivity index (χ1n) is 13.8. The molecule has 1 aromatic rings. The van der Waals surface area contributed by atoms with E-state index >= 15 is 0 Å². The smallest absolute Gasteiger partial charge is 0.0340 e. The molecule has 0 bridgehead atoms. The molecule has 3 nitrogen and oxygen atoms in total. The van der Waals surface area contributed by atoms with Crippen LogP contribution in [0.25, 0.3) is 0 Å². The van der Waals surface area contributed by atoms with Crippen LogP contribution in [0.2, 0.25) is 0 Å². The van der Waals surface area contributed by atoms with Gasteiger partial charge in [-0.05, 0) is 96.2 Å². The van der Waals surface area contributed by atoms with Crippen molar-refractivity contribution < 1.29 is 0 Å². The van der Waals surface area contributed by atoms with E-state index in [1.165, 1.54) is 69.3 Å². The summed E-state index contributed by atoms with van der Waals surface area (Å²) in [7, 11) is 4.23. The van der Waals surface area contributed by atoms with Gasteiger partial charge in [0.1, 0.15) is 0 Å². The molecule has 3 heteroatoms. The van der Waals surface area contributed by atoms with Gasteiger partial charge in [0.15, 0.2) is 0 Å². The highest BCUT2D eigenvalue weighted by molar-refractivity contribution is 5.44. The summed E-state index contributed by atoms with van der Waals surface area (Å²) in [6, 6.07) is 8.54. The number of anilines is 1. The molecular weight excluding hydrogens is 414 g/mol. The van der Waals surface area contributed by atoms with Gasteiger partial charge in [-0.2, -0.15) is 0 Å². The molecule has 0 spiro atoms. The van der Waals surface area contributed by atoms with Gasteiger partial charge in [0.2, 0.25) is 0 Å².